The molecule has 1 aliphatic heterocycles. The van der Waals surface area contributed by atoms with E-state index in [1.807, 2.05) is 13.1 Å². The maximum absolute atomic E-state index is 5.75. The quantitative estimate of drug-likeness (QED) is 0.886. The van der Waals surface area contributed by atoms with Gasteiger partial charge in [0.2, 0.25) is 0 Å². The SMILES string of the molecule is CNCC(Cc1ccc2c(c1)OCCCO2)C(C)C. The van der Waals surface area contributed by atoms with E-state index in [4.69, 9.17) is 9.47 Å². The lowest BCUT2D eigenvalue weighted by atomic mass is 9.89. The molecule has 1 atom stereocenters. The van der Waals surface area contributed by atoms with Crippen molar-refractivity contribution in [2.75, 3.05) is 26.8 Å². The third-order valence-electron chi connectivity index (χ3n) is 3.72. The largest absolute Gasteiger partial charge is 0.490 e. The maximum atomic E-state index is 5.75. The van der Waals surface area contributed by atoms with Gasteiger partial charge in [-0.1, -0.05) is 19.9 Å². The Morgan fingerprint density at radius 3 is 2.58 bits per heavy atom. The predicted octanol–water partition coefficient (Wildman–Crippen LogP) is 2.88. The Balaban J connectivity index is 2.10. The minimum atomic E-state index is 0.648. The standard InChI is InChI=1S/C16H25NO2/c1-12(2)14(11-17-3)9-13-5-6-15-16(10-13)19-8-4-7-18-15/h5-6,10,12,14,17H,4,7-9,11H2,1-3H3. The van der Waals surface area contributed by atoms with Crippen molar-refractivity contribution in [2.24, 2.45) is 11.8 Å². The van der Waals surface area contributed by atoms with Crippen LogP contribution < -0.4 is 14.8 Å². The van der Waals surface area contributed by atoms with Gasteiger partial charge in [0, 0.05) is 6.42 Å². The summed E-state index contributed by atoms with van der Waals surface area (Å²) in [4.78, 5) is 0. The summed E-state index contributed by atoms with van der Waals surface area (Å²) in [6.45, 7) is 7.11. The summed E-state index contributed by atoms with van der Waals surface area (Å²) in [5.41, 5.74) is 1.33. The third-order valence-corrected chi connectivity index (χ3v) is 3.72. The predicted molar refractivity (Wildman–Crippen MR) is 78.0 cm³/mol. The minimum absolute atomic E-state index is 0.648. The summed E-state index contributed by atoms with van der Waals surface area (Å²) in [5, 5.41) is 3.29. The highest BCUT2D eigenvalue weighted by molar-refractivity contribution is 5.43. The Labute approximate surface area is 116 Å². The van der Waals surface area contributed by atoms with Gasteiger partial charge in [0.25, 0.3) is 0 Å². The second-order valence-electron chi connectivity index (χ2n) is 5.60. The van der Waals surface area contributed by atoms with Crippen LogP contribution in [0.2, 0.25) is 0 Å². The molecule has 1 heterocycles. The van der Waals surface area contributed by atoms with Crippen LogP contribution in [0.1, 0.15) is 25.8 Å². The van der Waals surface area contributed by atoms with Crippen molar-refractivity contribution in [2.45, 2.75) is 26.7 Å². The van der Waals surface area contributed by atoms with Crippen LogP contribution in [0, 0.1) is 11.8 Å². The molecular weight excluding hydrogens is 238 g/mol. The van der Waals surface area contributed by atoms with Crippen LogP contribution in [-0.2, 0) is 6.42 Å². The van der Waals surface area contributed by atoms with Gasteiger partial charge in [0.1, 0.15) is 0 Å². The lowest BCUT2D eigenvalue weighted by molar-refractivity contribution is 0.297. The van der Waals surface area contributed by atoms with Gasteiger partial charge in [0.05, 0.1) is 13.2 Å². The summed E-state index contributed by atoms with van der Waals surface area (Å²) in [5.74, 6) is 3.11. The Morgan fingerprint density at radius 2 is 1.89 bits per heavy atom. The van der Waals surface area contributed by atoms with Crippen molar-refractivity contribution in [3.8, 4) is 11.5 Å². The highest BCUT2D eigenvalue weighted by Gasteiger charge is 2.16. The Kier molecular flexibility index (Phi) is 5.08. The second kappa shape index (κ2) is 6.80. The number of nitrogens with one attached hydrogen (secondary N) is 1. The molecule has 1 unspecified atom stereocenters. The van der Waals surface area contributed by atoms with Crippen molar-refractivity contribution >= 4 is 0 Å². The second-order valence-corrected chi connectivity index (χ2v) is 5.60. The van der Waals surface area contributed by atoms with Crippen LogP contribution in [0.25, 0.3) is 0 Å². The molecule has 0 aromatic heterocycles. The smallest absolute Gasteiger partial charge is 0.161 e. The Bertz CT molecular complexity index is 404. The number of rotatable bonds is 5. The molecule has 1 aromatic rings. The van der Waals surface area contributed by atoms with Crippen molar-refractivity contribution in [3.63, 3.8) is 0 Å². The zero-order chi connectivity index (χ0) is 13.7. The molecule has 0 saturated carbocycles. The van der Waals surface area contributed by atoms with E-state index in [0.717, 1.165) is 44.1 Å². The fraction of sp³-hybridized carbons (Fsp3) is 0.625. The van der Waals surface area contributed by atoms with Crippen molar-refractivity contribution < 1.29 is 9.47 Å². The molecule has 0 radical (unpaired) electrons. The molecule has 1 aliphatic rings. The van der Waals surface area contributed by atoms with Crippen molar-refractivity contribution in [1.82, 2.24) is 5.32 Å². The van der Waals surface area contributed by atoms with E-state index < -0.39 is 0 Å². The van der Waals surface area contributed by atoms with Gasteiger partial charge < -0.3 is 14.8 Å². The van der Waals surface area contributed by atoms with Crippen LogP contribution in [0.15, 0.2) is 18.2 Å². The Morgan fingerprint density at radius 1 is 1.16 bits per heavy atom. The van der Waals surface area contributed by atoms with E-state index >= 15 is 0 Å². The molecule has 19 heavy (non-hydrogen) atoms. The topological polar surface area (TPSA) is 30.5 Å². The molecule has 0 saturated heterocycles. The number of hydrogen-bond donors (Lipinski definition) is 1. The number of hydrogen-bond acceptors (Lipinski definition) is 3. The first-order valence-electron chi connectivity index (χ1n) is 7.24. The van der Waals surface area contributed by atoms with Crippen LogP contribution in [0.4, 0.5) is 0 Å². The van der Waals surface area contributed by atoms with E-state index in [2.05, 4.69) is 31.3 Å². The summed E-state index contributed by atoms with van der Waals surface area (Å²) >= 11 is 0. The van der Waals surface area contributed by atoms with Crippen LogP contribution in [0.3, 0.4) is 0 Å². The minimum Gasteiger partial charge on any atom is -0.490 e. The molecule has 1 aromatic carbocycles. The number of benzene rings is 1. The van der Waals surface area contributed by atoms with Crippen LogP contribution in [-0.4, -0.2) is 26.8 Å². The summed E-state index contributed by atoms with van der Waals surface area (Å²) < 4.78 is 11.4. The molecule has 0 aliphatic carbocycles. The van der Waals surface area contributed by atoms with E-state index in [-0.39, 0.29) is 0 Å². The molecule has 2 rings (SSSR count). The first-order valence-corrected chi connectivity index (χ1v) is 7.24. The van der Waals surface area contributed by atoms with Gasteiger partial charge in [0.15, 0.2) is 11.5 Å². The zero-order valence-corrected chi connectivity index (χ0v) is 12.2. The molecular formula is C16H25NO2. The molecule has 0 fully saturated rings. The van der Waals surface area contributed by atoms with E-state index in [1.54, 1.807) is 0 Å². The monoisotopic (exact) mass is 263 g/mol. The maximum Gasteiger partial charge on any atom is 0.161 e. The van der Waals surface area contributed by atoms with E-state index in [1.165, 1.54) is 5.56 Å². The van der Waals surface area contributed by atoms with Crippen LogP contribution in [0.5, 0.6) is 11.5 Å². The molecule has 1 N–H and O–H groups in total. The summed E-state index contributed by atoms with van der Waals surface area (Å²) in [6, 6.07) is 6.36. The van der Waals surface area contributed by atoms with E-state index in [0.29, 0.717) is 11.8 Å². The highest BCUT2D eigenvalue weighted by atomic mass is 16.5. The fourth-order valence-electron chi connectivity index (χ4n) is 2.44. The molecule has 0 spiro atoms. The summed E-state index contributed by atoms with van der Waals surface area (Å²) in [7, 11) is 2.02. The molecule has 106 valence electrons. The van der Waals surface area contributed by atoms with Gasteiger partial charge in [-0.2, -0.15) is 0 Å². The van der Waals surface area contributed by atoms with Gasteiger partial charge >= 0.3 is 0 Å². The van der Waals surface area contributed by atoms with Gasteiger partial charge in [-0.15, -0.1) is 0 Å². The lowest BCUT2D eigenvalue weighted by Gasteiger charge is -2.21. The zero-order valence-electron chi connectivity index (χ0n) is 12.2. The average Bonchev–Trinajstić information content (AvgIpc) is 2.62. The molecule has 0 bridgehead atoms. The van der Waals surface area contributed by atoms with Crippen LogP contribution >= 0.6 is 0 Å². The summed E-state index contributed by atoms with van der Waals surface area (Å²) in [6.07, 6.45) is 2.04. The van der Waals surface area contributed by atoms with Gasteiger partial charge in [-0.05, 0) is 49.5 Å². The third kappa shape index (κ3) is 3.87. The normalized spacial score (nSPS) is 16.2. The highest BCUT2D eigenvalue weighted by Crippen LogP contribution is 2.31. The van der Waals surface area contributed by atoms with Gasteiger partial charge in [-0.25, -0.2) is 0 Å². The molecule has 3 heteroatoms. The van der Waals surface area contributed by atoms with Gasteiger partial charge in [-0.3, -0.25) is 0 Å². The van der Waals surface area contributed by atoms with Crippen molar-refractivity contribution in [3.05, 3.63) is 23.8 Å². The number of ether oxygens (including phenoxy) is 2. The first kappa shape index (κ1) is 14.2. The molecule has 0 amide bonds. The van der Waals surface area contributed by atoms with E-state index in [9.17, 15) is 0 Å². The average molecular weight is 263 g/mol. The lowest BCUT2D eigenvalue weighted by Crippen LogP contribution is -2.25. The Hall–Kier alpha value is -1.22. The molecule has 3 nitrogen and oxygen atoms in total. The van der Waals surface area contributed by atoms with Crippen molar-refractivity contribution in [1.29, 1.82) is 0 Å². The first-order chi connectivity index (χ1) is 9.20. The fourth-order valence-corrected chi connectivity index (χ4v) is 2.44. The number of fused-ring (bicyclic) bond motifs is 1.